The van der Waals surface area contributed by atoms with Crippen LogP contribution >= 0.6 is 0 Å². The molecule has 0 unspecified atom stereocenters. The Balaban J connectivity index is 2.34. The average molecular weight is 292 g/mol. The molecule has 112 valence electrons. The first kappa shape index (κ1) is 16.9. The first-order valence-corrected chi connectivity index (χ1v) is 10.9. The molecule has 0 aliphatic heterocycles. The van der Waals surface area contributed by atoms with E-state index in [4.69, 9.17) is 0 Å². The number of hydrogen-bond donors (Lipinski definition) is 2. The molecular formula is C16H28N2OSi. The summed E-state index contributed by atoms with van der Waals surface area (Å²) < 4.78 is 0. The molecule has 1 amide bonds. The van der Waals surface area contributed by atoms with E-state index >= 15 is 0 Å². The summed E-state index contributed by atoms with van der Waals surface area (Å²) in [5, 5.41) is 7.55. The van der Waals surface area contributed by atoms with Crippen LogP contribution in [0.1, 0.15) is 19.4 Å². The quantitative estimate of drug-likeness (QED) is 0.756. The summed E-state index contributed by atoms with van der Waals surface area (Å²) in [5.74, 6) is 0.561. The average Bonchev–Trinajstić information content (AvgIpc) is 2.36. The molecule has 0 aliphatic carbocycles. The van der Waals surface area contributed by atoms with Crippen molar-refractivity contribution in [3.63, 3.8) is 0 Å². The summed E-state index contributed by atoms with van der Waals surface area (Å²) in [4.78, 5) is 11.6. The van der Waals surface area contributed by atoms with Gasteiger partial charge in [-0.2, -0.15) is 0 Å². The van der Waals surface area contributed by atoms with Crippen molar-refractivity contribution in [3.8, 4) is 0 Å². The minimum atomic E-state index is -1.21. The highest BCUT2D eigenvalue weighted by Gasteiger charge is 2.15. The first-order chi connectivity index (χ1) is 9.29. The molecular weight excluding hydrogens is 264 g/mol. The summed E-state index contributed by atoms with van der Waals surface area (Å²) in [7, 11) is -1.21. The third-order valence-corrected chi connectivity index (χ3v) is 5.21. The molecule has 1 aromatic rings. The lowest BCUT2D eigenvalue weighted by atomic mass is 10.2. The Morgan fingerprint density at radius 1 is 1.15 bits per heavy atom. The van der Waals surface area contributed by atoms with Crippen molar-refractivity contribution in [2.45, 2.75) is 40.0 Å². The molecule has 0 aromatic heterocycles. The predicted octanol–water partition coefficient (Wildman–Crippen LogP) is 2.09. The van der Waals surface area contributed by atoms with Crippen molar-refractivity contribution in [2.75, 3.05) is 13.1 Å². The van der Waals surface area contributed by atoms with Gasteiger partial charge in [-0.05, 0) is 11.5 Å². The number of benzene rings is 1. The molecule has 4 heteroatoms. The van der Waals surface area contributed by atoms with Crippen LogP contribution in [0.4, 0.5) is 0 Å². The third-order valence-electron chi connectivity index (χ3n) is 3.14. The molecule has 0 fully saturated rings. The van der Waals surface area contributed by atoms with Crippen LogP contribution in [-0.2, 0) is 11.3 Å². The molecule has 0 heterocycles. The number of rotatable bonds is 7. The molecule has 1 rings (SSSR count). The maximum atomic E-state index is 11.6. The van der Waals surface area contributed by atoms with Crippen LogP contribution < -0.4 is 15.8 Å². The van der Waals surface area contributed by atoms with E-state index in [9.17, 15) is 4.79 Å². The maximum absolute atomic E-state index is 11.6. The van der Waals surface area contributed by atoms with Gasteiger partial charge < -0.3 is 10.6 Å². The van der Waals surface area contributed by atoms with Gasteiger partial charge in [-0.1, -0.05) is 62.9 Å². The van der Waals surface area contributed by atoms with E-state index in [-0.39, 0.29) is 5.91 Å². The van der Waals surface area contributed by atoms with Crippen molar-refractivity contribution in [2.24, 2.45) is 5.92 Å². The minimum absolute atomic E-state index is 0.0671. The highest BCUT2D eigenvalue weighted by molar-refractivity contribution is 6.88. The van der Waals surface area contributed by atoms with E-state index < -0.39 is 8.07 Å². The van der Waals surface area contributed by atoms with E-state index in [0.29, 0.717) is 12.5 Å². The zero-order chi connectivity index (χ0) is 15.2. The minimum Gasteiger partial charge on any atom is -0.355 e. The zero-order valence-electron chi connectivity index (χ0n) is 13.4. The highest BCUT2D eigenvalue weighted by Crippen LogP contribution is 2.04. The van der Waals surface area contributed by atoms with Gasteiger partial charge in [0, 0.05) is 13.1 Å². The normalized spacial score (nSPS) is 11.7. The second-order valence-corrected chi connectivity index (χ2v) is 11.8. The van der Waals surface area contributed by atoms with Crippen LogP contribution in [0.25, 0.3) is 0 Å². The Bertz CT molecular complexity index is 421. The summed E-state index contributed by atoms with van der Waals surface area (Å²) in [6.07, 6.45) is 0. The van der Waals surface area contributed by atoms with Crippen molar-refractivity contribution in [3.05, 3.63) is 29.8 Å². The lowest BCUT2D eigenvalue weighted by Crippen LogP contribution is -2.37. The van der Waals surface area contributed by atoms with Gasteiger partial charge in [0.2, 0.25) is 5.91 Å². The lowest BCUT2D eigenvalue weighted by molar-refractivity contribution is -0.120. The fourth-order valence-corrected chi connectivity index (χ4v) is 2.99. The van der Waals surface area contributed by atoms with Crippen LogP contribution in [0.15, 0.2) is 24.3 Å². The second-order valence-electron chi connectivity index (χ2n) is 6.75. The van der Waals surface area contributed by atoms with Gasteiger partial charge in [-0.25, -0.2) is 0 Å². The largest absolute Gasteiger partial charge is 0.355 e. The molecule has 0 atom stereocenters. The smallest absolute Gasteiger partial charge is 0.233 e. The summed E-state index contributed by atoms with van der Waals surface area (Å²) in [6.45, 7) is 13.1. The fraction of sp³-hybridized carbons (Fsp3) is 0.562. The third kappa shape index (κ3) is 6.35. The van der Waals surface area contributed by atoms with Crippen LogP contribution in [-0.4, -0.2) is 27.1 Å². The molecule has 0 aliphatic rings. The predicted molar refractivity (Wildman–Crippen MR) is 89.0 cm³/mol. The Hall–Kier alpha value is -1.13. The number of carbonyl (C=O) groups is 1. The van der Waals surface area contributed by atoms with Gasteiger partial charge in [0.15, 0.2) is 0 Å². The summed E-state index contributed by atoms with van der Waals surface area (Å²) >= 11 is 0. The van der Waals surface area contributed by atoms with E-state index in [2.05, 4.69) is 68.4 Å². The van der Waals surface area contributed by atoms with Gasteiger partial charge in [0.05, 0.1) is 14.6 Å². The lowest BCUT2D eigenvalue weighted by Gasteiger charge is -2.16. The van der Waals surface area contributed by atoms with Crippen molar-refractivity contribution < 1.29 is 4.79 Å². The Kier molecular flexibility index (Phi) is 6.43. The Labute approximate surface area is 124 Å². The van der Waals surface area contributed by atoms with E-state index in [0.717, 1.165) is 13.1 Å². The van der Waals surface area contributed by atoms with E-state index in [1.807, 2.05) is 0 Å². The van der Waals surface area contributed by atoms with Gasteiger partial charge >= 0.3 is 0 Å². The van der Waals surface area contributed by atoms with Gasteiger partial charge in [0.1, 0.15) is 0 Å². The number of hydrogen-bond acceptors (Lipinski definition) is 2. The van der Waals surface area contributed by atoms with Crippen molar-refractivity contribution in [1.82, 2.24) is 10.6 Å². The second kappa shape index (κ2) is 7.60. The molecule has 0 saturated carbocycles. The fourth-order valence-electron chi connectivity index (χ4n) is 1.82. The van der Waals surface area contributed by atoms with Crippen molar-refractivity contribution in [1.29, 1.82) is 0 Å². The number of amides is 1. The highest BCUT2D eigenvalue weighted by atomic mass is 28.3. The molecule has 0 saturated heterocycles. The Morgan fingerprint density at radius 2 is 1.75 bits per heavy atom. The van der Waals surface area contributed by atoms with E-state index in [1.165, 1.54) is 10.8 Å². The molecule has 0 bridgehead atoms. The van der Waals surface area contributed by atoms with Gasteiger partial charge in [-0.15, -0.1) is 0 Å². The van der Waals surface area contributed by atoms with Crippen LogP contribution in [0.3, 0.4) is 0 Å². The SMILES string of the molecule is CC(C)CNC(=O)CNCc1ccc([Si](C)(C)C)cc1. The number of nitrogens with one attached hydrogen (secondary N) is 2. The molecule has 1 aromatic carbocycles. The van der Waals surface area contributed by atoms with Gasteiger partial charge in [0.25, 0.3) is 0 Å². The monoisotopic (exact) mass is 292 g/mol. The Morgan fingerprint density at radius 3 is 2.25 bits per heavy atom. The molecule has 0 radical (unpaired) electrons. The summed E-state index contributed by atoms with van der Waals surface area (Å²) in [5.41, 5.74) is 1.23. The zero-order valence-corrected chi connectivity index (χ0v) is 14.4. The molecule has 20 heavy (non-hydrogen) atoms. The molecule has 2 N–H and O–H groups in total. The van der Waals surface area contributed by atoms with Crippen LogP contribution in [0, 0.1) is 5.92 Å². The number of carbonyl (C=O) groups excluding carboxylic acids is 1. The topological polar surface area (TPSA) is 41.1 Å². The van der Waals surface area contributed by atoms with Crippen LogP contribution in [0.5, 0.6) is 0 Å². The standard InChI is InChI=1S/C16H28N2OSi/c1-13(2)10-18-16(19)12-17-11-14-6-8-15(9-7-14)20(3,4)5/h6-9,13,17H,10-12H2,1-5H3,(H,18,19). The van der Waals surface area contributed by atoms with Crippen LogP contribution in [0.2, 0.25) is 19.6 Å². The molecule has 3 nitrogen and oxygen atoms in total. The maximum Gasteiger partial charge on any atom is 0.233 e. The first-order valence-electron chi connectivity index (χ1n) is 7.36. The molecule has 0 spiro atoms. The van der Waals surface area contributed by atoms with Crippen molar-refractivity contribution >= 4 is 19.2 Å². The van der Waals surface area contributed by atoms with Gasteiger partial charge in [-0.3, -0.25) is 4.79 Å². The summed E-state index contributed by atoms with van der Waals surface area (Å²) in [6, 6.07) is 8.77. The van der Waals surface area contributed by atoms with E-state index in [1.54, 1.807) is 0 Å².